The smallest absolute Gasteiger partial charge is 1.00 e. The predicted octanol–water partition coefficient (Wildman–Crippen LogP) is 3.78. The van der Waals surface area contributed by atoms with Gasteiger partial charge < -0.3 is 26.9 Å². The molecule has 1 aromatic carbocycles. The van der Waals surface area contributed by atoms with Gasteiger partial charge in [-0.3, -0.25) is 4.79 Å². The predicted molar refractivity (Wildman–Crippen MR) is 115 cm³/mol. The third-order valence-corrected chi connectivity index (χ3v) is 4.94. The molecule has 1 aromatic rings. The zero-order chi connectivity index (χ0) is 22.3. The normalized spacial score (nSPS) is 17.8. The number of rotatable bonds is 7. The SMILES string of the molecule is COc1cc(OC)cc(OC(=O)N(CC2CCC(C(=O)O)CC2)C(=O)OC(C)C)c1.[H-].[H-].[Mg+2]. The number of carboxylic acids is 1. The summed E-state index contributed by atoms with van der Waals surface area (Å²) in [6.07, 6.45) is 0.129. The van der Waals surface area contributed by atoms with E-state index in [2.05, 4.69) is 0 Å². The third-order valence-electron chi connectivity index (χ3n) is 4.94. The fourth-order valence-electron chi connectivity index (χ4n) is 3.34. The Labute approximate surface area is 201 Å². The summed E-state index contributed by atoms with van der Waals surface area (Å²) in [6.45, 7) is 3.47. The minimum absolute atomic E-state index is 0. The summed E-state index contributed by atoms with van der Waals surface area (Å²) >= 11 is 0. The number of methoxy groups -OCH3 is 2. The first-order valence-corrected chi connectivity index (χ1v) is 9.89. The molecule has 0 unspecified atom stereocenters. The number of carbonyl (C=O) groups is 3. The van der Waals surface area contributed by atoms with Gasteiger partial charge in [-0.05, 0) is 45.4 Å². The number of imide groups is 1. The first kappa shape index (κ1) is 26.8. The molecule has 9 nitrogen and oxygen atoms in total. The number of benzene rings is 1. The van der Waals surface area contributed by atoms with Crippen molar-refractivity contribution >= 4 is 41.2 Å². The van der Waals surface area contributed by atoms with Crippen LogP contribution in [0.3, 0.4) is 0 Å². The summed E-state index contributed by atoms with van der Waals surface area (Å²) < 4.78 is 20.9. The van der Waals surface area contributed by atoms with Crippen LogP contribution in [0.5, 0.6) is 17.2 Å². The van der Waals surface area contributed by atoms with Gasteiger partial charge in [0, 0.05) is 24.7 Å². The molecular formula is C21H31MgNO8. The van der Waals surface area contributed by atoms with Crippen LogP contribution in [0.2, 0.25) is 0 Å². The number of amides is 2. The van der Waals surface area contributed by atoms with Crippen molar-refractivity contribution in [2.24, 2.45) is 11.8 Å². The Morgan fingerprint density at radius 1 is 1.00 bits per heavy atom. The second kappa shape index (κ2) is 12.6. The average molecular weight is 450 g/mol. The molecule has 0 heterocycles. The molecule has 1 N–H and O–H groups in total. The number of aliphatic carboxylic acids is 1. The number of hydrogen-bond donors (Lipinski definition) is 1. The van der Waals surface area contributed by atoms with Crippen molar-refractivity contribution in [3.05, 3.63) is 18.2 Å². The summed E-state index contributed by atoms with van der Waals surface area (Å²) in [5, 5.41) is 9.15. The van der Waals surface area contributed by atoms with Gasteiger partial charge in [-0.2, -0.15) is 0 Å². The van der Waals surface area contributed by atoms with E-state index < -0.39 is 24.3 Å². The van der Waals surface area contributed by atoms with Crippen LogP contribution >= 0.6 is 0 Å². The van der Waals surface area contributed by atoms with Gasteiger partial charge in [0.2, 0.25) is 0 Å². The molecule has 0 radical (unpaired) electrons. The maximum absolute atomic E-state index is 12.8. The number of ether oxygens (including phenoxy) is 4. The summed E-state index contributed by atoms with van der Waals surface area (Å²) in [6, 6.07) is 4.64. The van der Waals surface area contributed by atoms with Crippen molar-refractivity contribution in [1.82, 2.24) is 4.90 Å². The Morgan fingerprint density at radius 3 is 1.97 bits per heavy atom. The topological polar surface area (TPSA) is 112 Å². The largest absolute Gasteiger partial charge is 2.00 e. The van der Waals surface area contributed by atoms with Crippen molar-refractivity contribution in [2.75, 3.05) is 20.8 Å². The van der Waals surface area contributed by atoms with Crippen molar-refractivity contribution < 1.29 is 41.3 Å². The molecule has 0 aromatic heterocycles. The molecule has 0 atom stereocenters. The van der Waals surface area contributed by atoms with Crippen molar-refractivity contribution in [3.63, 3.8) is 0 Å². The fraction of sp³-hybridized carbons (Fsp3) is 0.571. The van der Waals surface area contributed by atoms with Crippen molar-refractivity contribution in [2.45, 2.75) is 45.6 Å². The van der Waals surface area contributed by atoms with E-state index in [1.807, 2.05) is 0 Å². The molecule has 0 spiro atoms. The van der Waals surface area contributed by atoms with E-state index in [1.165, 1.54) is 26.4 Å². The monoisotopic (exact) mass is 449 g/mol. The van der Waals surface area contributed by atoms with Gasteiger partial charge in [0.25, 0.3) is 0 Å². The van der Waals surface area contributed by atoms with Gasteiger partial charge in [-0.25, -0.2) is 14.5 Å². The van der Waals surface area contributed by atoms with Crippen LogP contribution in [0.25, 0.3) is 0 Å². The molecule has 10 heteroatoms. The Balaban J connectivity index is 0. The molecule has 0 saturated heterocycles. The molecule has 0 aliphatic heterocycles. The minimum Gasteiger partial charge on any atom is -1.00 e. The standard InChI is InChI=1S/C21H29NO8.Mg.2H/c1-13(2)29-20(25)22(12-14-5-7-15(8-6-14)19(23)24)21(26)30-18-10-16(27-3)9-17(11-18)28-4;;;/h9-11,13-15H,5-8,12H2,1-4H3,(H,23,24);;;/q;+2;2*-1. The molecule has 1 fully saturated rings. The van der Waals surface area contributed by atoms with E-state index in [0.29, 0.717) is 37.2 Å². The number of nitrogens with zero attached hydrogens (tertiary/aromatic N) is 1. The second-order valence-corrected chi connectivity index (χ2v) is 7.52. The Bertz CT molecular complexity index is 750. The Kier molecular flexibility index (Phi) is 10.9. The summed E-state index contributed by atoms with van der Waals surface area (Å²) in [5.74, 6) is -0.189. The first-order valence-electron chi connectivity index (χ1n) is 9.89. The van der Waals surface area contributed by atoms with Gasteiger partial charge in [-0.15, -0.1) is 0 Å². The van der Waals surface area contributed by atoms with E-state index in [-0.39, 0.29) is 50.0 Å². The third kappa shape index (κ3) is 8.10. The van der Waals surface area contributed by atoms with Crippen molar-refractivity contribution in [3.8, 4) is 17.2 Å². The Hall–Kier alpha value is -2.20. The average Bonchev–Trinajstić information content (AvgIpc) is 2.71. The molecular weight excluding hydrogens is 419 g/mol. The first-order chi connectivity index (χ1) is 14.2. The molecule has 0 bridgehead atoms. The van der Waals surface area contributed by atoms with Gasteiger partial charge in [-0.1, -0.05) is 0 Å². The number of carboxylic acid groups (broad SMARTS) is 1. The quantitative estimate of drug-likeness (QED) is 0.626. The van der Waals surface area contributed by atoms with Gasteiger partial charge in [0.1, 0.15) is 17.2 Å². The summed E-state index contributed by atoms with van der Waals surface area (Å²) in [4.78, 5) is 37.4. The maximum atomic E-state index is 12.8. The van der Waals surface area contributed by atoms with E-state index in [4.69, 9.17) is 24.1 Å². The van der Waals surface area contributed by atoms with Crippen molar-refractivity contribution in [1.29, 1.82) is 0 Å². The van der Waals surface area contributed by atoms with Gasteiger partial charge in [0.05, 0.1) is 26.2 Å². The van der Waals surface area contributed by atoms with E-state index in [0.717, 1.165) is 4.90 Å². The zero-order valence-electron chi connectivity index (χ0n) is 20.5. The van der Waals surface area contributed by atoms with Crippen LogP contribution in [-0.4, -0.2) is 78.1 Å². The van der Waals surface area contributed by atoms with E-state index in [1.54, 1.807) is 19.9 Å². The van der Waals surface area contributed by atoms with E-state index >= 15 is 0 Å². The zero-order valence-corrected chi connectivity index (χ0v) is 19.9. The number of hydrogen-bond acceptors (Lipinski definition) is 7. The molecule has 1 aliphatic rings. The second-order valence-electron chi connectivity index (χ2n) is 7.52. The van der Waals surface area contributed by atoms with Crippen LogP contribution in [0, 0.1) is 11.8 Å². The molecule has 31 heavy (non-hydrogen) atoms. The minimum atomic E-state index is -0.878. The van der Waals surface area contributed by atoms with Crippen LogP contribution in [0.4, 0.5) is 9.59 Å². The summed E-state index contributed by atoms with van der Waals surface area (Å²) in [7, 11) is 2.94. The van der Waals surface area contributed by atoms with Crippen LogP contribution in [0.15, 0.2) is 18.2 Å². The van der Waals surface area contributed by atoms with Crippen LogP contribution in [-0.2, 0) is 9.53 Å². The molecule has 1 aliphatic carbocycles. The van der Waals surface area contributed by atoms with Gasteiger partial charge in [0.15, 0.2) is 0 Å². The maximum Gasteiger partial charge on any atom is 2.00 e. The van der Waals surface area contributed by atoms with Crippen LogP contribution in [0.1, 0.15) is 42.4 Å². The molecule has 170 valence electrons. The molecule has 2 rings (SSSR count). The van der Waals surface area contributed by atoms with Gasteiger partial charge >= 0.3 is 41.2 Å². The fourth-order valence-corrected chi connectivity index (χ4v) is 3.34. The Morgan fingerprint density at radius 2 is 1.52 bits per heavy atom. The van der Waals surface area contributed by atoms with E-state index in [9.17, 15) is 14.4 Å². The number of carbonyl (C=O) groups excluding carboxylic acids is 2. The molecule has 2 amide bonds. The molecule has 1 saturated carbocycles. The summed E-state index contributed by atoms with van der Waals surface area (Å²) in [5.41, 5.74) is 0. The van der Waals surface area contributed by atoms with Crippen LogP contribution < -0.4 is 14.2 Å².